The molecule has 2 unspecified atom stereocenters. The Labute approximate surface area is 84.6 Å². The Kier molecular flexibility index (Phi) is 2.02. The van der Waals surface area contributed by atoms with Crippen LogP contribution in [-0.4, -0.2) is 11.6 Å². The summed E-state index contributed by atoms with van der Waals surface area (Å²) in [5.41, 5.74) is 1.44. The summed E-state index contributed by atoms with van der Waals surface area (Å²) in [4.78, 5) is 11.5. The molecule has 0 aromatic heterocycles. The minimum atomic E-state index is -0.277. The van der Waals surface area contributed by atoms with Crippen molar-refractivity contribution in [2.45, 2.75) is 38.7 Å². The van der Waals surface area contributed by atoms with Crippen molar-refractivity contribution in [2.24, 2.45) is 5.92 Å². The van der Waals surface area contributed by atoms with Crippen molar-refractivity contribution in [3.05, 3.63) is 23.8 Å². The van der Waals surface area contributed by atoms with Gasteiger partial charge in [0.15, 0.2) is 0 Å². The molecule has 0 aliphatic heterocycles. The van der Waals surface area contributed by atoms with E-state index in [9.17, 15) is 4.79 Å². The highest BCUT2D eigenvalue weighted by atomic mass is 16.6. The molecule has 2 bridgehead atoms. The van der Waals surface area contributed by atoms with Crippen LogP contribution >= 0.6 is 0 Å². The number of esters is 1. The fourth-order valence-corrected chi connectivity index (χ4v) is 2.49. The van der Waals surface area contributed by atoms with E-state index in [4.69, 9.17) is 4.74 Å². The molecule has 2 heteroatoms. The van der Waals surface area contributed by atoms with Crippen LogP contribution in [0.4, 0.5) is 0 Å². The van der Waals surface area contributed by atoms with Gasteiger partial charge in [0.2, 0.25) is 0 Å². The summed E-state index contributed by atoms with van der Waals surface area (Å²) in [6.07, 6.45) is 5.37. The summed E-state index contributed by atoms with van der Waals surface area (Å²) < 4.78 is 5.56. The van der Waals surface area contributed by atoms with E-state index in [1.165, 1.54) is 5.57 Å². The Morgan fingerprint density at radius 1 is 1.71 bits per heavy atom. The number of carbonyl (C=O) groups excluding carboxylic acids is 1. The van der Waals surface area contributed by atoms with Crippen molar-refractivity contribution in [1.29, 1.82) is 0 Å². The third-order valence-corrected chi connectivity index (χ3v) is 3.35. The van der Waals surface area contributed by atoms with Crippen LogP contribution in [0.25, 0.3) is 0 Å². The van der Waals surface area contributed by atoms with Crippen LogP contribution in [0.3, 0.4) is 0 Å². The lowest BCUT2D eigenvalue weighted by atomic mass is 9.95. The van der Waals surface area contributed by atoms with Gasteiger partial charge < -0.3 is 4.74 Å². The van der Waals surface area contributed by atoms with Gasteiger partial charge in [0.1, 0.15) is 5.60 Å². The van der Waals surface area contributed by atoms with Gasteiger partial charge in [-0.1, -0.05) is 12.7 Å². The maximum absolute atomic E-state index is 11.5. The molecule has 2 rings (SSSR count). The minimum Gasteiger partial charge on any atom is -0.451 e. The second-order valence-corrected chi connectivity index (χ2v) is 4.52. The molecule has 1 saturated carbocycles. The van der Waals surface area contributed by atoms with E-state index < -0.39 is 0 Å². The molecule has 0 amide bonds. The summed E-state index contributed by atoms with van der Waals surface area (Å²) in [7, 11) is 0. The molecular weight excluding hydrogens is 176 g/mol. The second kappa shape index (κ2) is 2.97. The van der Waals surface area contributed by atoms with Gasteiger partial charge >= 0.3 is 5.97 Å². The molecule has 1 fully saturated rings. The summed E-state index contributed by atoms with van der Waals surface area (Å²) >= 11 is 0. The molecule has 14 heavy (non-hydrogen) atoms. The van der Waals surface area contributed by atoms with Gasteiger partial charge in [-0.3, -0.25) is 0 Å². The van der Waals surface area contributed by atoms with Gasteiger partial charge in [-0.05, 0) is 44.6 Å². The van der Waals surface area contributed by atoms with Gasteiger partial charge in [0, 0.05) is 5.57 Å². The average Bonchev–Trinajstić information content (AvgIpc) is 2.60. The standard InChI is InChI=1S/C12H16O2/c1-8(2)11(13)14-12-5-4-10(7-12)6-9(12)3/h6,10H,1,4-5,7H2,2-3H3. The Morgan fingerprint density at radius 2 is 2.43 bits per heavy atom. The summed E-state index contributed by atoms with van der Waals surface area (Å²) in [6, 6.07) is 0. The first-order valence-corrected chi connectivity index (χ1v) is 5.11. The smallest absolute Gasteiger partial charge is 0.333 e. The molecule has 0 radical (unpaired) electrons. The third kappa shape index (κ3) is 1.29. The van der Waals surface area contributed by atoms with Crippen LogP contribution in [0, 0.1) is 5.92 Å². The van der Waals surface area contributed by atoms with Gasteiger partial charge in [-0.2, -0.15) is 0 Å². The lowest BCUT2D eigenvalue weighted by molar-refractivity contribution is -0.150. The zero-order valence-electron chi connectivity index (χ0n) is 8.80. The first-order valence-electron chi connectivity index (χ1n) is 5.11. The minimum absolute atomic E-state index is 0.250. The lowest BCUT2D eigenvalue weighted by Crippen LogP contribution is -2.32. The van der Waals surface area contributed by atoms with Gasteiger partial charge in [0.25, 0.3) is 0 Å². The van der Waals surface area contributed by atoms with E-state index in [2.05, 4.69) is 19.6 Å². The second-order valence-electron chi connectivity index (χ2n) is 4.52. The highest BCUT2D eigenvalue weighted by Crippen LogP contribution is 2.49. The van der Waals surface area contributed by atoms with Crippen LogP contribution in [0.2, 0.25) is 0 Å². The molecule has 0 saturated heterocycles. The average molecular weight is 192 g/mol. The zero-order chi connectivity index (χ0) is 10.3. The topological polar surface area (TPSA) is 26.3 Å². The maximum Gasteiger partial charge on any atom is 0.333 e. The normalized spacial score (nSPS) is 34.1. The van der Waals surface area contributed by atoms with Gasteiger partial charge in [-0.25, -0.2) is 4.79 Å². The van der Waals surface area contributed by atoms with Crippen molar-refractivity contribution in [1.82, 2.24) is 0 Å². The molecule has 0 heterocycles. The van der Waals surface area contributed by atoms with Gasteiger partial charge in [-0.15, -0.1) is 0 Å². The zero-order valence-corrected chi connectivity index (χ0v) is 8.80. The third-order valence-electron chi connectivity index (χ3n) is 3.35. The summed E-state index contributed by atoms with van der Waals surface area (Å²) in [5, 5.41) is 0. The quantitative estimate of drug-likeness (QED) is 0.382. The van der Waals surface area contributed by atoms with Crippen LogP contribution in [0.5, 0.6) is 0 Å². The van der Waals surface area contributed by atoms with Crippen molar-refractivity contribution in [3.8, 4) is 0 Å². The highest BCUT2D eigenvalue weighted by Gasteiger charge is 2.47. The Hall–Kier alpha value is -1.05. The van der Waals surface area contributed by atoms with Gasteiger partial charge in [0.05, 0.1) is 0 Å². The monoisotopic (exact) mass is 192 g/mol. The molecule has 0 aromatic rings. The van der Waals surface area contributed by atoms with E-state index in [1.807, 2.05) is 0 Å². The predicted molar refractivity (Wildman–Crippen MR) is 54.7 cm³/mol. The summed E-state index contributed by atoms with van der Waals surface area (Å²) in [5.74, 6) is 0.383. The molecule has 2 aliphatic rings. The molecule has 0 aromatic carbocycles. The molecule has 0 N–H and O–H groups in total. The Morgan fingerprint density at radius 3 is 2.86 bits per heavy atom. The van der Waals surface area contributed by atoms with E-state index >= 15 is 0 Å². The highest BCUT2D eigenvalue weighted by molar-refractivity contribution is 5.87. The van der Waals surface area contributed by atoms with E-state index in [1.54, 1.807) is 6.92 Å². The number of hydrogen-bond donors (Lipinski definition) is 0. The van der Waals surface area contributed by atoms with E-state index in [-0.39, 0.29) is 11.6 Å². The fraction of sp³-hybridized carbons (Fsp3) is 0.583. The molecule has 76 valence electrons. The molecular formula is C12H16O2. The number of fused-ring (bicyclic) bond motifs is 2. The van der Waals surface area contributed by atoms with E-state index in [0.29, 0.717) is 11.5 Å². The maximum atomic E-state index is 11.5. The molecule has 0 spiro atoms. The van der Waals surface area contributed by atoms with Crippen molar-refractivity contribution < 1.29 is 9.53 Å². The number of rotatable bonds is 2. The Bertz CT molecular complexity index is 327. The largest absolute Gasteiger partial charge is 0.451 e. The number of hydrogen-bond acceptors (Lipinski definition) is 2. The molecule has 2 nitrogen and oxygen atoms in total. The van der Waals surface area contributed by atoms with Crippen molar-refractivity contribution in [3.63, 3.8) is 0 Å². The lowest BCUT2D eigenvalue weighted by Gasteiger charge is -2.28. The fourth-order valence-electron chi connectivity index (χ4n) is 2.49. The van der Waals surface area contributed by atoms with E-state index in [0.717, 1.165) is 19.3 Å². The molecule has 2 aliphatic carbocycles. The summed E-state index contributed by atoms with van der Waals surface area (Å²) in [6.45, 7) is 7.36. The SMILES string of the molecule is C=C(C)C(=O)OC12CCC(C=C1C)C2. The first kappa shape index (κ1) is 9.50. The van der Waals surface area contributed by atoms with Crippen LogP contribution in [-0.2, 0) is 9.53 Å². The number of carbonyl (C=O) groups is 1. The molecule has 2 atom stereocenters. The predicted octanol–water partition coefficient (Wildman–Crippen LogP) is 2.60. The van der Waals surface area contributed by atoms with Crippen LogP contribution in [0.15, 0.2) is 23.8 Å². The van der Waals surface area contributed by atoms with Crippen LogP contribution < -0.4 is 0 Å². The van der Waals surface area contributed by atoms with Crippen molar-refractivity contribution in [2.75, 3.05) is 0 Å². The number of ether oxygens (including phenoxy) is 1. The number of allylic oxidation sites excluding steroid dienone is 1. The van der Waals surface area contributed by atoms with Crippen LogP contribution in [0.1, 0.15) is 33.1 Å². The first-order chi connectivity index (χ1) is 6.53. The Balaban J connectivity index is 2.15. The van der Waals surface area contributed by atoms with Crippen molar-refractivity contribution >= 4 is 5.97 Å².